The van der Waals surface area contributed by atoms with Gasteiger partial charge >= 0.3 is 0 Å². The van der Waals surface area contributed by atoms with E-state index in [1.54, 1.807) is 30.4 Å². The first-order valence-electron chi connectivity index (χ1n) is 6.64. The first-order valence-corrected chi connectivity index (χ1v) is 6.64. The second-order valence-electron chi connectivity index (χ2n) is 4.86. The summed E-state index contributed by atoms with van der Waals surface area (Å²) in [6, 6.07) is 5.60. The first kappa shape index (κ1) is 14.8. The minimum atomic E-state index is -0.0456. The lowest BCUT2D eigenvalue weighted by Gasteiger charge is -2.16. The van der Waals surface area contributed by atoms with Crippen LogP contribution in [0.2, 0.25) is 0 Å². The summed E-state index contributed by atoms with van der Waals surface area (Å²) in [5.74, 6) is 5.72. The molecule has 0 aliphatic carbocycles. The second-order valence-corrected chi connectivity index (χ2v) is 4.86. The molecule has 0 bridgehead atoms. The third-order valence-corrected chi connectivity index (χ3v) is 2.98. The Hall–Kier alpha value is -2.58. The van der Waals surface area contributed by atoms with Gasteiger partial charge in [0.25, 0.3) is 5.91 Å². The molecule has 0 spiro atoms. The van der Waals surface area contributed by atoms with Crippen LogP contribution in [0.4, 0.5) is 0 Å². The number of carbonyl (C=O) groups is 1. The molecule has 0 radical (unpaired) electrons. The molecule has 0 fully saturated rings. The van der Waals surface area contributed by atoms with Crippen LogP contribution in [0.1, 0.15) is 27.0 Å². The number of aromatic nitrogens is 2. The smallest absolute Gasteiger partial charge is 0.253 e. The number of carbonyl (C=O) groups excluding carboxylic acids is 1. The van der Waals surface area contributed by atoms with E-state index in [-0.39, 0.29) is 5.91 Å². The van der Waals surface area contributed by atoms with Crippen molar-refractivity contribution in [2.75, 3.05) is 13.6 Å². The highest BCUT2D eigenvalue weighted by atomic mass is 16.2. The highest BCUT2D eigenvalue weighted by Gasteiger charge is 2.13. The Balaban J connectivity index is 2.20. The van der Waals surface area contributed by atoms with Gasteiger partial charge in [0.15, 0.2) is 0 Å². The monoisotopic (exact) mass is 282 g/mol. The fourth-order valence-corrected chi connectivity index (χ4v) is 2.06. The molecular weight excluding hydrogens is 264 g/mol. The molecule has 0 aliphatic rings. The van der Waals surface area contributed by atoms with Crippen LogP contribution in [0.5, 0.6) is 0 Å². The van der Waals surface area contributed by atoms with Crippen molar-refractivity contribution in [1.82, 2.24) is 15.1 Å². The van der Waals surface area contributed by atoms with Crippen LogP contribution in [0.25, 0.3) is 0 Å². The first-order chi connectivity index (χ1) is 10.1. The fourth-order valence-electron chi connectivity index (χ4n) is 2.06. The maximum atomic E-state index is 12.5. The van der Waals surface area contributed by atoms with Crippen molar-refractivity contribution in [3.8, 4) is 11.8 Å². The summed E-state index contributed by atoms with van der Waals surface area (Å²) in [5, 5.41) is 6.61. The Kier molecular flexibility index (Phi) is 4.75. The molecule has 1 amide bonds. The van der Waals surface area contributed by atoms with Gasteiger partial charge in [-0.3, -0.25) is 9.89 Å². The standard InChI is InChI=1S/C16H18N4O/c1-12-6-13(4-3-5-17)8-15(7-12)16(21)20(2)11-14-9-18-19-10-14/h6-10H,5,11,17H2,1-2H3,(H,18,19). The summed E-state index contributed by atoms with van der Waals surface area (Å²) < 4.78 is 0. The number of rotatable bonds is 3. The molecule has 2 rings (SSSR count). The van der Waals surface area contributed by atoms with Gasteiger partial charge < -0.3 is 10.6 Å². The highest BCUT2D eigenvalue weighted by Crippen LogP contribution is 2.12. The van der Waals surface area contributed by atoms with Gasteiger partial charge in [0.2, 0.25) is 0 Å². The molecule has 2 aromatic rings. The molecule has 1 heterocycles. The molecule has 5 nitrogen and oxygen atoms in total. The summed E-state index contributed by atoms with van der Waals surface area (Å²) in [4.78, 5) is 14.1. The van der Waals surface area contributed by atoms with E-state index in [1.165, 1.54) is 0 Å². The Morgan fingerprint density at radius 3 is 2.90 bits per heavy atom. The fraction of sp³-hybridized carbons (Fsp3) is 0.250. The Morgan fingerprint density at radius 2 is 2.24 bits per heavy atom. The summed E-state index contributed by atoms with van der Waals surface area (Å²) in [5.41, 5.74) is 8.77. The molecule has 21 heavy (non-hydrogen) atoms. The van der Waals surface area contributed by atoms with Crippen molar-refractivity contribution >= 4 is 5.91 Å². The van der Waals surface area contributed by atoms with E-state index in [1.807, 2.05) is 19.1 Å². The molecule has 1 aromatic heterocycles. The zero-order chi connectivity index (χ0) is 15.2. The van der Waals surface area contributed by atoms with E-state index in [0.717, 1.165) is 16.7 Å². The molecule has 1 aromatic carbocycles. The molecule has 5 heteroatoms. The van der Waals surface area contributed by atoms with Crippen LogP contribution in [-0.2, 0) is 6.54 Å². The van der Waals surface area contributed by atoms with Crippen LogP contribution in [0.3, 0.4) is 0 Å². The Labute approximate surface area is 124 Å². The molecule has 0 unspecified atom stereocenters. The van der Waals surface area contributed by atoms with E-state index < -0.39 is 0 Å². The molecule has 3 N–H and O–H groups in total. The topological polar surface area (TPSA) is 75.0 Å². The van der Waals surface area contributed by atoms with Gasteiger partial charge in [-0.2, -0.15) is 5.10 Å². The molecule has 0 saturated carbocycles. The van der Waals surface area contributed by atoms with Crippen LogP contribution >= 0.6 is 0 Å². The number of nitrogens with one attached hydrogen (secondary N) is 1. The Bertz CT molecular complexity index is 680. The average molecular weight is 282 g/mol. The van der Waals surface area contributed by atoms with Gasteiger partial charge in [0, 0.05) is 36.5 Å². The van der Waals surface area contributed by atoms with Gasteiger partial charge in [-0.1, -0.05) is 11.8 Å². The van der Waals surface area contributed by atoms with Gasteiger partial charge in [-0.25, -0.2) is 0 Å². The number of amides is 1. The van der Waals surface area contributed by atoms with Gasteiger partial charge in [0.1, 0.15) is 0 Å². The number of hydrogen-bond acceptors (Lipinski definition) is 3. The number of benzene rings is 1. The van der Waals surface area contributed by atoms with Crippen molar-refractivity contribution in [3.63, 3.8) is 0 Å². The van der Waals surface area contributed by atoms with Crippen LogP contribution in [0.15, 0.2) is 30.6 Å². The number of hydrogen-bond donors (Lipinski definition) is 2. The Morgan fingerprint density at radius 1 is 1.43 bits per heavy atom. The van der Waals surface area contributed by atoms with Crippen LogP contribution in [-0.4, -0.2) is 34.6 Å². The van der Waals surface area contributed by atoms with Crippen LogP contribution < -0.4 is 5.73 Å². The molecular formula is C16H18N4O. The van der Waals surface area contributed by atoms with Crippen molar-refractivity contribution in [2.45, 2.75) is 13.5 Å². The maximum absolute atomic E-state index is 12.5. The van der Waals surface area contributed by atoms with Crippen molar-refractivity contribution in [2.24, 2.45) is 5.73 Å². The highest BCUT2D eigenvalue weighted by molar-refractivity contribution is 5.94. The molecule has 108 valence electrons. The van der Waals surface area contributed by atoms with Crippen molar-refractivity contribution < 1.29 is 4.79 Å². The summed E-state index contributed by atoms with van der Waals surface area (Å²) in [7, 11) is 1.77. The lowest BCUT2D eigenvalue weighted by molar-refractivity contribution is 0.0785. The molecule has 0 atom stereocenters. The van der Waals surface area contributed by atoms with Crippen LogP contribution in [0, 0.1) is 18.8 Å². The normalized spacial score (nSPS) is 9.86. The SMILES string of the molecule is Cc1cc(C#CCN)cc(C(=O)N(C)Cc2cn[nH]c2)c1. The summed E-state index contributed by atoms with van der Waals surface area (Å²) >= 11 is 0. The number of H-pyrrole nitrogens is 1. The quantitative estimate of drug-likeness (QED) is 0.833. The van der Waals surface area contributed by atoms with E-state index >= 15 is 0 Å². The largest absolute Gasteiger partial charge is 0.337 e. The van der Waals surface area contributed by atoms with E-state index in [9.17, 15) is 4.79 Å². The number of nitrogens with zero attached hydrogens (tertiary/aromatic N) is 2. The summed E-state index contributed by atoms with van der Waals surface area (Å²) in [6.07, 6.45) is 3.48. The third-order valence-electron chi connectivity index (χ3n) is 2.98. The van der Waals surface area contributed by atoms with Gasteiger partial charge in [-0.15, -0.1) is 0 Å². The van der Waals surface area contributed by atoms with E-state index in [4.69, 9.17) is 5.73 Å². The number of aromatic amines is 1. The minimum absolute atomic E-state index is 0.0456. The lowest BCUT2D eigenvalue weighted by atomic mass is 10.1. The second kappa shape index (κ2) is 6.73. The molecule has 0 aliphatic heterocycles. The predicted octanol–water partition coefficient (Wildman–Crippen LogP) is 1.30. The lowest BCUT2D eigenvalue weighted by Crippen LogP contribution is -2.26. The van der Waals surface area contributed by atoms with Crippen molar-refractivity contribution in [1.29, 1.82) is 0 Å². The zero-order valence-corrected chi connectivity index (χ0v) is 12.2. The molecule has 0 saturated heterocycles. The van der Waals surface area contributed by atoms with Gasteiger partial charge in [0.05, 0.1) is 12.7 Å². The average Bonchev–Trinajstić information content (AvgIpc) is 2.96. The zero-order valence-electron chi connectivity index (χ0n) is 12.2. The predicted molar refractivity (Wildman–Crippen MR) is 81.5 cm³/mol. The van der Waals surface area contributed by atoms with Crippen molar-refractivity contribution in [3.05, 3.63) is 52.8 Å². The minimum Gasteiger partial charge on any atom is -0.337 e. The third kappa shape index (κ3) is 3.94. The maximum Gasteiger partial charge on any atom is 0.253 e. The number of aryl methyl sites for hydroxylation is 1. The number of nitrogens with two attached hydrogens (primary N) is 1. The van der Waals surface area contributed by atoms with E-state index in [0.29, 0.717) is 18.7 Å². The van der Waals surface area contributed by atoms with Gasteiger partial charge in [-0.05, 0) is 30.7 Å². The summed E-state index contributed by atoms with van der Waals surface area (Å²) in [6.45, 7) is 2.76. The van der Waals surface area contributed by atoms with E-state index in [2.05, 4.69) is 22.0 Å².